The topological polar surface area (TPSA) is 96.5 Å². The molecule has 4 rings (SSSR count). The van der Waals surface area contributed by atoms with Crippen LogP contribution in [0.5, 0.6) is 5.75 Å². The lowest BCUT2D eigenvalue weighted by atomic mass is 10.1. The Morgan fingerprint density at radius 3 is 2.75 bits per heavy atom. The van der Waals surface area contributed by atoms with Crippen molar-refractivity contribution in [2.24, 2.45) is 0 Å². The van der Waals surface area contributed by atoms with Gasteiger partial charge in [-0.15, -0.1) is 0 Å². The summed E-state index contributed by atoms with van der Waals surface area (Å²) in [5.74, 6) is -2.51. The number of halogens is 3. The van der Waals surface area contributed by atoms with E-state index in [4.69, 9.17) is 16.3 Å². The zero-order valence-corrected chi connectivity index (χ0v) is 18.9. The van der Waals surface area contributed by atoms with Crippen molar-refractivity contribution in [3.05, 3.63) is 59.4 Å². The minimum Gasteiger partial charge on any atom is -0.488 e. The summed E-state index contributed by atoms with van der Waals surface area (Å²) in [5, 5.41) is 3.80. The molecule has 1 fully saturated rings. The monoisotopic (exact) mass is 501 g/mol. The van der Waals surface area contributed by atoms with Gasteiger partial charge in [-0.25, -0.2) is 22.2 Å². The first-order chi connectivity index (χ1) is 15.3. The Kier molecular flexibility index (Phi) is 6.74. The number of piperazine rings is 1. The minimum atomic E-state index is -4.38. The number of hydrogen-bond acceptors (Lipinski definition) is 8. The SMILES string of the molecule is O=S(=O)(Nc1ncns1)c1cc(F)c(OCC2CNCCN2c2ccc(Cl)cc2)cc1F. The summed E-state index contributed by atoms with van der Waals surface area (Å²) in [7, 11) is -4.38. The van der Waals surface area contributed by atoms with Crippen molar-refractivity contribution < 1.29 is 21.9 Å². The Balaban J connectivity index is 1.49. The molecule has 1 saturated heterocycles. The highest BCUT2D eigenvalue weighted by Crippen LogP contribution is 2.27. The van der Waals surface area contributed by atoms with E-state index in [2.05, 4.69) is 24.3 Å². The first kappa shape index (κ1) is 22.6. The van der Waals surface area contributed by atoms with Crippen LogP contribution in [0.4, 0.5) is 19.6 Å². The number of ether oxygens (including phenoxy) is 1. The second-order valence-corrected chi connectivity index (χ2v) is 9.77. The normalized spacial score (nSPS) is 16.7. The van der Waals surface area contributed by atoms with Crippen molar-refractivity contribution >= 4 is 44.0 Å². The van der Waals surface area contributed by atoms with E-state index in [9.17, 15) is 17.2 Å². The quantitative estimate of drug-likeness (QED) is 0.513. The van der Waals surface area contributed by atoms with Gasteiger partial charge in [0.05, 0.1) is 6.04 Å². The van der Waals surface area contributed by atoms with E-state index < -0.39 is 26.6 Å². The van der Waals surface area contributed by atoms with Crippen molar-refractivity contribution in [2.75, 3.05) is 35.9 Å². The molecule has 1 unspecified atom stereocenters. The molecular formula is C19H18ClF2N5O3S2. The molecule has 2 N–H and O–H groups in total. The van der Waals surface area contributed by atoms with Crippen molar-refractivity contribution in [2.45, 2.75) is 10.9 Å². The summed E-state index contributed by atoms with van der Waals surface area (Å²) < 4.78 is 65.2. The van der Waals surface area contributed by atoms with Gasteiger partial charge in [0.2, 0.25) is 5.13 Å². The zero-order valence-electron chi connectivity index (χ0n) is 16.5. The molecule has 32 heavy (non-hydrogen) atoms. The van der Waals surface area contributed by atoms with Crippen LogP contribution in [-0.2, 0) is 10.0 Å². The lowest BCUT2D eigenvalue weighted by Crippen LogP contribution is -2.54. The van der Waals surface area contributed by atoms with E-state index in [0.29, 0.717) is 24.2 Å². The summed E-state index contributed by atoms with van der Waals surface area (Å²) in [5.41, 5.74) is 0.931. The Bertz CT molecular complexity index is 1180. The third-order valence-electron chi connectivity index (χ3n) is 4.80. The number of nitrogens with one attached hydrogen (secondary N) is 2. The molecule has 1 aliphatic rings. The standard InChI is InChI=1S/C19H18ClF2N5O3S2/c20-12-1-3-13(4-2-12)27-6-5-23-9-14(27)10-30-17-7-16(22)18(8-15(17)21)32(28,29)26-19-24-11-25-31-19/h1-4,7-8,11,14,23H,5-6,9-10H2,(H,24,25,26). The van der Waals surface area contributed by atoms with Crippen molar-refractivity contribution in [1.29, 1.82) is 0 Å². The molecule has 1 aromatic heterocycles. The molecule has 170 valence electrons. The Morgan fingerprint density at radius 1 is 1.25 bits per heavy atom. The van der Waals surface area contributed by atoms with Gasteiger partial charge in [0.25, 0.3) is 10.0 Å². The van der Waals surface area contributed by atoms with E-state index in [1.165, 1.54) is 0 Å². The maximum atomic E-state index is 14.6. The van der Waals surface area contributed by atoms with Crippen molar-refractivity contribution in [3.63, 3.8) is 0 Å². The second kappa shape index (κ2) is 9.53. The predicted octanol–water partition coefficient (Wildman–Crippen LogP) is 3.13. The molecule has 1 aliphatic heterocycles. The van der Waals surface area contributed by atoms with Crippen LogP contribution in [0.1, 0.15) is 0 Å². The van der Waals surface area contributed by atoms with Gasteiger partial charge in [0, 0.05) is 54.0 Å². The van der Waals surface area contributed by atoms with Crippen molar-refractivity contribution in [3.8, 4) is 5.75 Å². The van der Waals surface area contributed by atoms with Crippen LogP contribution in [0.25, 0.3) is 0 Å². The van der Waals surface area contributed by atoms with Gasteiger partial charge in [0.1, 0.15) is 23.6 Å². The van der Waals surface area contributed by atoms with Crippen LogP contribution in [-0.4, -0.2) is 50.1 Å². The lowest BCUT2D eigenvalue weighted by Gasteiger charge is -2.37. The Hall–Kier alpha value is -2.54. The highest BCUT2D eigenvalue weighted by atomic mass is 35.5. The van der Waals surface area contributed by atoms with E-state index in [1.54, 1.807) is 12.1 Å². The minimum absolute atomic E-state index is 0.0567. The molecule has 8 nitrogen and oxygen atoms in total. The zero-order chi connectivity index (χ0) is 22.7. The molecule has 3 aromatic rings. The van der Waals surface area contributed by atoms with Gasteiger partial charge in [-0.1, -0.05) is 11.6 Å². The number of hydrogen-bond donors (Lipinski definition) is 2. The van der Waals surface area contributed by atoms with Crippen LogP contribution in [0.15, 0.2) is 47.6 Å². The second-order valence-electron chi connectivity index (χ2n) is 6.90. The first-order valence-corrected chi connectivity index (χ1v) is 12.1. The molecule has 0 saturated carbocycles. The largest absolute Gasteiger partial charge is 0.488 e. The number of nitrogens with zero attached hydrogens (tertiary/aromatic N) is 3. The average molecular weight is 502 g/mol. The summed E-state index contributed by atoms with van der Waals surface area (Å²) >= 11 is 6.73. The van der Waals surface area contributed by atoms with Crippen LogP contribution in [0, 0.1) is 11.6 Å². The van der Waals surface area contributed by atoms with Crippen LogP contribution in [0.3, 0.4) is 0 Å². The van der Waals surface area contributed by atoms with E-state index >= 15 is 0 Å². The maximum absolute atomic E-state index is 14.6. The number of rotatable bonds is 7. The third kappa shape index (κ3) is 5.09. The number of benzene rings is 2. The molecular weight excluding hydrogens is 484 g/mol. The molecule has 0 aliphatic carbocycles. The number of sulfonamides is 1. The van der Waals surface area contributed by atoms with Gasteiger partial charge >= 0.3 is 0 Å². The molecule has 13 heteroatoms. The molecule has 2 aromatic carbocycles. The highest BCUT2D eigenvalue weighted by Gasteiger charge is 2.26. The number of anilines is 2. The fourth-order valence-electron chi connectivity index (χ4n) is 3.28. The fourth-order valence-corrected chi connectivity index (χ4v) is 5.14. The lowest BCUT2D eigenvalue weighted by molar-refractivity contribution is 0.255. The molecule has 0 bridgehead atoms. The van der Waals surface area contributed by atoms with Gasteiger partial charge in [-0.2, -0.15) is 4.37 Å². The third-order valence-corrected chi connectivity index (χ3v) is 7.11. The highest BCUT2D eigenvalue weighted by molar-refractivity contribution is 7.93. The van der Waals surface area contributed by atoms with Gasteiger partial charge < -0.3 is 15.0 Å². The predicted molar refractivity (Wildman–Crippen MR) is 118 cm³/mol. The molecule has 2 heterocycles. The molecule has 0 spiro atoms. The van der Waals surface area contributed by atoms with Crippen LogP contribution in [0.2, 0.25) is 5.02 Å². The van der Waals surface area contributed by atoms with E-state index in [1.807, 2.05) is 12.1 Å². The summed E-state index contributed by atoms with van der Waals surface area (Å²) in [6.07, 6.45) is 1.14. The van der Waals surface area contributed by atoms with Gasteiger partial charge in [-0.05, 0) is 24.3 Å². The van der Waals surface area contributed by atoms with Gasteiger partial charge in [0.15, 0.2) is 11.6 Å². The summed E-state index contributed by atoms with van der Waals surface area (Å²) in [4.78, 5) is 4.91. The molecule has 1 atom stereocenters. The van der Waals surface area contributed by atoms with E-state index in [0.717, 1.165) is 36.2 Å². The average Bonchev–Trinajstić information content (AvgIpc) is 3.27. The van der Waals surface area contributed by atoms with Crippen molar-refractivity contribution in [1.82, 2.24) is 14.7 Å². The molecule has 0 amide bonds. The van der Waals surface area contributed by atoms with E-state index in [-0.39, 0.29) is 23.5 Å². The smallest absolute Gasteiger partial charge is 0.266 e. The van der Waals surface area contributed by atoms with Crippen LogP contribution < -0.4 is 19.7 Å². The maximum Gasteiger partial charge on any atom is 0.266 e. The number of aromatic nitrogens is 2. The fraction of sp³-hybridized carbons (Fsp3) is 0.263. The Morgan fingerprint density at radius 2 is 2.03 bits per heavy atom. The van der Waals surface area contributed by atoms with Gasteiger partial charge in [-0.3, -0.25) is 4.72 Å². The molecule has 0 radical (unpaired) electrons. The Labute approximate surface area is 192 Å². The summed E-state index contributed by atoms with van der Waals surface area (Å²) in [6, 6.07) is 8.48. The summed E-state index contributed by atoms with van der Waals surface area (Å²) in [6.45, 7) is 2.09. The van der Waals surface area contributed by atoms with Crippen LogP contribution >= 0.6 is 23.1 Å². The first-order valence-electron chi connectivity index (χ1n) is 9.48.